The molecule has 2 bridgehead atoms. The number of aromatic nitrogens is 1. The number of nitrogens with one attached hydrogen (secondary N) is 1. The molecule has 2 saturated heterocycles. The van der Waals surface area contributed by atoms with E-state index in [4.69, 9.17) is 16.3 Å². The minimum Gasteiger partial charge on any atom is -0.373 e. The van der Waals surface area contributed by atoms with E-state index in [-0.39, 0.29) is 18.1 Å². The molecule has 1 aromatic heterocycles. The van der Waals surface area contributed by atoms with Gasteiger partial charge in [0, 0.05) is 5.39 Å². The Labute approximate surface area is 127 Å². The molecule has 4 rings (SSSR count). The minimum absolute atomic E-state index is 0.100. The van der Waals surface area contributed by atoms with Crippen molar-refractivity contribution in [1.29, 1.82) is 0 Å². The summed E-state index contributed by atoms with van der Waals surface area (Å²) in [5.74, 6) is -0.100. The van der Waals surface area contributed by atoms with Crippen LogP contribution in [0.3, 0.4) is 0 Å². The molecule has 1 N–H and O–H groups in total. The summed E-state index contributed by atoms with van der Waals surface area (Å²) in [7, 11) is 0. The van der Waals surface area contributed by atoms with Crippen molar-refractivity contribution in [1.82, 2.24) is 10.3 Å². The third-order valence-electron chi connectivity index (χ3n) is 4.35. The second-order valence-electron chi connectivity index (χ2n) is 5.70. The largest absolute Gasteiger partial charge is 0.373 e. The smallest absolute Gasteiger partial charge is 0.252 e. The first-order chi connectivity index (χ1) is 10.2. The number of nitrogens with zero attached hydrogens (tertiary/aromatic N) is 1. The molecule has 3 heterocycles. The first-order valence-electron chi connectivity index (χ1n) is 7.22. The van der Waals surface area contributed by atoms with Crippen molar-refractivity contribution >= 4 is 28.4 Å². The Balaban J connectivity index is 1.65. The van der Waals surface area contributed by atoms with Gasteiger partial charge in [0.15, 0.2) is 0 Å². The van der Waals surface area contributed by atoms with Crippen LogP contribution in [-0.4, -0.2) is 29.1 Å². The van der Waals surface area contributed by atoms with Gasteiger partial charge in [-0.1, -0.05) is 29.8 Å². The van der Waals surface area contributed by atoms with Crippen molar-refractivity contribution < 1.29 is 9.53 Å². The van der Waals surface area contributed by atoms with Gasteiger partial charge in [-0.3, -0.25) is 4.79 Å². The fourth-order valence-electron chi connectivity index (χ4n) is 3.37. The van der Waals surface area contributed by atoms with Gasteiger partial charge in [0.2, 0.25) is 0 Å². The number of hydrogen-bond donors (Lipinski definition) is 1. The Morgan fingerprint density at radius 1 is 1.33 bits per heavy atom. The number of fused-ring (bicyclic) bond motifs is 3. The van der Waals surface area contributed by atoms with Crippen LogP contribution in [0, 0.1) is 0 Å². The molecule has 1 aromatic carbocycles. The van der Waals surface area contributed by atoms with E-state index >= 15 is 0 Å². The molecule has 21 heavy (non-hydrogen) atoms. The molecular formula is C16H15ClN2O2. The van der Waals surface area contributed by atoms with Crippen LogP contribution in [0.5, 0.6) is 0 Å². The Hall–Kier alpha value is -1.65. The fourth-order valence-corrected chi connectivity index (χ4v) is 3.57. The van der Waals surface area contributed by atoms with Gasteiger partial charge < -0.3 is 10.1 Å². The van der Waals surface area contributed by atoms with Crippen molar-refractivity contribution in [3.8, 4) is 0 Å². The molecule has 5 heteroatoms. The number of amides is 1. The summed E-state index contributed by atoms with van der Waals surface area (Å²) >= 11 is 6.03. The number of hydrogen-bond acceptors (Lipinski definition) is 3. The van der Waals surface area contributed by atoms with E-state index in [0.717, 1.165) is 30.2 Å². The lowest BCUT2D eigenvalue weighted by Crippen LogP contribution is -2.41. The van der Waals surface area contributed by atoms with E-state index in [1.807, 2.05) is 24.3 Å². The zero-order valence-electron chi connectivity index (χ0n) is 11.4. The van der Waals surface area contributed by atoms with E-state index in [2.05, 4.69) is 10.3 Å². The van der Waals surface area contributed by atoms with Crippen LogP contribution in [0.15, 0.2) is 30.3 Å². The highest BCUT2D eigenvalue weighted by Gasteiger charge is 2.41. The Morgan fingerprint density at radius 2 is 2.19 bits per heavy atom. The molecule has 4 nitrogen and oxygen atoms in total. The van der Waals surface area contributed by atoms with Crippen LogP contribution in [0.4, 0.5) is 0 Å². The topological polar surface area (TPSA) is 51.2 Å². The molecule has 3 unspecified atom stereocenters. The molecule has 0 aliphatic carbocycles. The van der Waals surface area contributed by atoms with Gasteiger partial charge in [0.05, 0.1) is 29.3 Å². The average Bonchev–Trinajstić information content (AvgIpc) is 3.08. The highest BCUT2D eigenvalue weighted by atomic mass is 35.5. The lowest BCUT2D eigenvalue weighted by atomic mass is 9.95. The zero-order chi connectivity index (χ0) is 14.4. The van der Waals surface area contributed by atoms with E-state index in [1.165, 1.54) is 0 Å². The van der Waals surface area contributed by atoms with Crippen molar-refractivity contribution in [2.45, 2.75) is 37.5 Å². The molecule has 2 aliphatic heterocycles. The van der Waals surface area contributed by atoms with Gasteiger partial charge >= 0.3 is 0 Å². The third-order valence-corrected chi connectivity index (χ3v) is 4.55. The summed E-state index contributed by atoms with van der Waals surface area (Å²) in [6.45, 7) is 0. The van der Waals surface area contributed by atoms with Gasteiger partial charge in [0.1, 0.15) is 5.15 Å². The predicted octanol–water partition coefficient (Wildman–Crippen LogP) is 2.94. The van der Waals surface area contributed by atoms with Gasteiger partial charge in [-0.15, -0.1) is 0 Å². The summed E-state index contributed by atoms with van der Waals surface area (Å²) in [5.41, 5.74) is 1.31. The van der Waals surface area contributed by atoms with Crippen LogP contribution in [0.25, 0.3) is 10.9 Å². The Morgan fingerprint density at radius 3 is 2.95 bits per heavy atom. The first kappa shape index (κ1) is 13.0. The molecule has 0 radical (unpaired) electrons. The molecule has 108 valence electrons. The lowest BCUT2D eigenvalue weighted by molar-refractivity contribution is 0.0842. The molecule has 2 fully saturated rings. The molecule has 2 aliphatic rings. The number of pyridine rings is 1. The molecular weight excluding hydrogens is 288 g/mol. The minimum atomic E-state index is -0.100. The molecule has 2 aromatic rings. The predicted molar refractivity (Wildman–Crippen MR) is 80.5 cm³/mol. The van der Waals surface area contributed by atoms with Crippen LogP contribution in [-0.2, 0) is 4.74 Å². The standard InChI is InChI=1S/C16H15ClN2O2/c17-15-8-11(10-3-1-2-4-12(10)18-15)16(20)19-13-7-9-5-6-14(13)21-9/h1-4,8-9,13-14H,5-7H2,(H,19,20). The van der Waals surface area contributed by atoms with Crippen molar-refractivity contribution in [2.24, 2.45) is 0 Å². The number of benzene rings is 1. The first-order valence-corrected chi connectivity index (χ1v) is 7.60. The number of para-hydroxylation sites is 1. The van der Waals surface area contributed by atoms with E-state index < -0.39 is 0 Å². The zero-order valence-corrected chi connectivity index (χ0v) is 12.1. The summed E-state index contributed by atoms with van der Waals surface area (Å²) in [6, 6.07) is 9.28. The van der Waals surface area contributed by atoms with Gasteiger partial charge in [0.25, 0.3) is 5.91 Å². The summed E-state index contributed by atoms with van der Waals surface area (Å²) in [6.07, 6.45) is 3.54. The summed E-state index contributed by atoms with van der Waals surface area (Å²) < 4.78 is 5.78. The highest BCUT2D eigenvalue weighted by Crippen LogP contribution is 2.34. The Kier molecular flexibility index (Phi) is 3.08. The van der Waals surface area contributed by atoms with Crippen LogP contribution in [0.2, 0.25) is 5.15 Å². The highest BCUT2D eigenvalue weighted by molar-refractivity contribution is 6.30. The van der Waals surface area contributed by atoms with Crippen molar-refractivity contribution in [3.05, 3.63) is 41.0 Å². The number of ether oxygens (including phenoxy) is 1. The monoisotopic (exact) mass is 302 g/mol. The van der Waals surface area contributed by atoms with Gasteiger partial charge in [-0.2, -0.15) is 0 Å². The van der Waals surface area contributed by atoms with Crippen molar-refractivity contribution in [3.63, 3.8) is 0 Å². The Bertz CT molecular complexity index is 718. The van der Waals surface area contributed by atoms with Crippen molar-refractivity contribution in [2.75, 3.05) is 0 Å². The maximum atomic E-state index is 12.6. The van der Waals surface area contributed by atoms with E-state index in [0.29, 0.717) is 16.8 Å². The molecule has 1 amide bonds. The SMILES string of the molecule is O=C(NC1CC2CCC1O2)c1cc(Cl)nc2ccccc12. The summed E-state index contributed by atoms with van der Waals surface area (Å²) in [5, 5.41) is 4.25. The molecule has 0 saturated carbocycles. The second kappa shape index (κ2) is 4.97. The number of carbonyl (C=O) groups is 1. The van der Waals surface area contributed by atoms with Gasteiger partial charge in [-0.25, -0.2) is 4.98 Å². The van der Waals surface area contributed by atoms with Gasteiger partial charge in [-0.05, 0) is 31.4 Å². The fraction of sp³-hybridized carbons (Fsp3) is 0.375. The maximum Gasteiger partial charge on any atom is 0.252 e. The normalized spacial score (nSPS) is 27.2. The second-order valence-corrected chi connectivity index (χ2v) is 6.09. The van der Waals surface area contributed by atoms with E-state index in [9.17, 15) is 4.79 Å². The number of carbonyl (C=O) groups excluding carboxylic acids is 1. The maximum absolute atomic E-state index is 12.6. The van der Waals surface area contributed by atoms with E-state index in [1.54, 1.807) is 6.07 Å². The molecule has 0 spiro atoms. The lowest BCUT2D eigenvalue weighted by Gasteiger charge is -2.20. The number of halogens is 1. The quantitative estimate of drug-likeness (QED) is 0.868. The number of rotatable bonds is 2. The third kappa shape index (κ3) is 2.28. The van der Waals surface area contributed by atoms with Crippen LogP contribution < -0.4 is 5.32 Å². The van der Waals surface area contributed by atoms with Crippen LogP contribution in [0.1, 0.15) is 29.6 Å². The molecule has 3 atom stereocenters. The average molecular weight is 303 g/mol. The van der Waals surface area contributed by atoms with Crippen LogP contribution >= 0.6 is 11.6 Å². The summed E-state index contributed by atoms with van der Waals surface area (Å²) in [4.78, 5) is 16.8.